The monoisotopic (exact) mass is 318 g/mol. The average molecular weight is 318 g/mol. The van der Waals surface area contributed by atoms with Crippen molar-refractivity contribution in [2.75, 3.05) is 0 Å². The van der Waals surface area contributed by atoms with Crippen LogP contribution in [-0.2, 0) is 4.79 Å². The van der Waals surface area contributed by atoms with Crippen LogP contribution in [0.25, 0.3) is 0 Å². The molecule has 2 rings (SSSR count). The van der Waals surface area contributed by atoms with Crippen molar-refractivity contribution >= 4 is 34.5 Å². The molecule has 0 fully saturated rings. The highest BCUT2D eigenvalue weighted by atomic mass is 32.1. The van der Waals surface area contributed by atoms with Crippen molar-refractivity contribution in [3.8, 4) is 0 Å². The summed E-state index contributed by atoms with van der Waals surface area (Å²) in [5, 5.41) is 5.06. The van der Waals surface area contributed by atoms with E-state index in [0.29, 0.717) is 0 Å². The van der Waals surface area contributed by atoms with Gasteiger partial charge in [0.25, 0.3) is 0 Å². The second-order valence-corrected chi connectivity index (χ2v) is 6.18. The summed E-state index contributed by atoms with van der Waals surface area (Å²) in [6.07, 6.45) is 0.825. The van der Waals surface area contributed by atoms with Crippen LogP contribution in [0.1, 0.15) is 35.7 Å². The molecule has 21 heavy (non-hydrogen) atoms. The molecule has 1 aromatic heterocycles. The first-order valence-corrected chi connectivity index (χ1v) is 8.10. The minimum Gasteiger partial charge on any atom is -0.392 e. The van der Waals surface area contributed by atoms with Gasteiger partial charge in [0, 0.05) is 4.88 Å². The Morgan fingerprint density at radius 3 is 2.52 bits per heavy atom. The number of thiophene rings is 1. The summed E-state index contributed by atoms with van der Waals surface area (Å²) in [4.78, 5) is 13.9. The van der Waals surface area contributed by atoms with Gasteiger partial charge in [-0.3, -0.25) is 4.79 Å². The predicted molar refractivity (Wildman–Crippen MR) is 91.5 cm³/mol. The molecule has 2 aromatic rings. The van der Waals surface area contributed by atoms with Gasteiger partial charge in [0.1, 0.15) is 5.92 Å². The van der Waals surface area contributed by atoms with Crippen LogP contribution in [-0.4, -0.2) is 10.9 Å². The van der Waals surface area contributed by atoms with Crippen LogP contribution in [0.4, 0.5) is 0 Å². The number of thiocarbonyl (C=S) groups is 1. The molecule has 0 saturated carbocycles. The van der Waals surface area contributed by atoms with Crippen molar-refractivity contribution in [3.05, 3.63) is 58.3 Å². The number of nitrogens with two attached hydrogens (primary N) is 1. The van der Waals surface area contributed by atoms with Gasteiger partial charge < -0.3 is 11.1 Å². The summed E-state index contributed by atoms with van der Waals surface area (Å²) in [5.41, 5.74) is 6.60. The lowest BCUT2D eigenvalue weighted by Gasteiger charge is -2.21. The lowest BCUT2D eigenvalue weighted by atomic mass is 9.97. The Balaban J connectivity index is 2.18. The fourth-order valence-corrected chi connectivity index (χ4v) is 3.31. The Morgan fingerprint density at radius 1 is 1.29 bits per heavy atom. The number of hydrogen-bond acceptors (Lipinski definition) is 3. The summed E-state index contributed by atoms with van der Waals surface area (Å²) >= 11 is 6.72. The van der Waals surface area contributed by atoms with Gasteiger partial charge in [-0.25, -0.2) is 0 Å². The Hall–Kier alpha value is -1.72. The first-order chi connectivity index (χ1) is 10.1. The van der Waals surface area contributed by atoms with Gasteiger partial charge in [-0.1, -0.05) is 55.5 Å². The van der Waals surface area contributed by atoms with E-state index in [9.17, 15) is 4.79 Å². The maximum Gasteiger partial charge on any atom is 0.234 e. The van der Waals surface area contributed by atoms with E-state index in [1.54, 1.807) is 11.3 Å². The second kappa shape index (κ2) is 7.33. The molecular formula is C16H18N2OS2. The van der Waals surface area contributed by atoms with Crippen molar-refractivity contribution in [2.45, 2.75) is 25.3 Å². The minimum absolute atomic E-state index is 0.00179. The van der Waals surface area contributed by atoms with Gasteiger partial charge in [0.2, 0.25) is 5.91 Å². The largest absolute Gasteiger partial charge is 0.392 e. The van der Waals surface area contributed by atoms with E-state index in [1.165, 1.54) is 0 Å². The number of amides is 1. The molecule has 0 radical (unpaired) electrons. The van der Waals surface area contributed by atoms with Crippen molar-refractivity contribution in [3.63, 3.8) is 0 Å². The van der Waals surface area contributed by atoms with Crippen LogP contribution >= 0.6 is 23.6 Å². The SMILES string of the molecule is CCC(NC(=O)C(C(N)=S)c1ccccc1)c1cccs1. The molecular weight excluding hydrogens is 300 g/mol. The molecule has 0 aliphatic carbocycles. The molecule has 3 N–H and O–H groups in total. The summed E-state index contributed by atoms with van der Waals surface area (Å²) < 4.78 is 0. The molecule has 0 saturated heterocycles. The van der Waals surface area contributed by atoms with Gasteiger partial charge in [0.15, 0.2) is 0 Å². The highest BCUT2D eigenvalue weighted by Crippen LogP contribution is 2.24. The molecule has 2 atom stereocenters. The highest BCUT2D eigenvalue weighted by molar-refractivity contribution is 7.80. The lowest BCUT2D eigenvalue weighted by Crippen LogP contribution is -2.37. The smallest absolute Gasteiger partial charge is 0.234 e. The summed E-state index contributed by atoms with van der Waals surface area (Å²) in [7, 11) is 0. The third kappa shape index (κ3) is 3.89. The van der Waals surface area contributed by atoms with E-state index in [-0.39, 0.29) is 16.9 Å². The zero-order valence-corrected chi connectivity index (χ0v) is 13.4. The predicted octanol–water partition coefficient (Wildman–Crippen LogP) is 3.39. The molecule has 0 aliphatic rings. The fraction of sp³-hybridized carbons (Fsp3) is 0.250. The van der Waals surface area contributed by atoms with Crippen molar-refractivity contribution < 1.29 is 4.79 Å². The van der Waals surface area contributed by atoms with E-state index in [1.807, 2.05) is 54.8 Å². The Labute approximate surface area is 134 Å². The Bertz CT molecular complexity index is 596. The summed E-state index contributed by atoms with van der Waals surface area (Å²) in [5.74, 6) is -0.732. The van der Waals surface area contributed by atoms with Crippen molar-refractivity contribution in [2.24, 2.45) is 5.73 Å². The summed E-state index contributed by atoms with van der Waals surface area (Å²) in [6.45, 7) is 2.04. The number of rotatable bonds is 6. The van der Waals surface area contributed by atoms with Crippen molar-refractivity contribution in [1.82, 2.24) is 5.32 Å². The maximum atomic E-state index is 12.6. The Morgan fingerprint density at radius 2 is 2.00 bits per heavy atom. The normalized spacial score (nSPS) is 13.4. The van der Waals surface area contributed by atoms with Gasteiger partial charge in [-0.05, 0) is 23.4 Å². The molecule has 1 amide bonds. The second-order valence-electron chi connectivity index (χ2n) is 4.73. The number of hydrogen-bond donors (Lipinski definition) is 2. The lowest BCUT2D eigenvalue weighted by molar-refractivity contribution is -0.121. The number of benzene rings is 1. The van der Waals surface area contributed by atoms with Gasteiger partial charge in [-0.2, -0.15) is 0 Å². The molecule has 110 valence electrons. The Kier molecular flexibility index (Phi) is 5.47. The van der Waals surface area contributed by atoms with E-state index in [0.717, 1.165) is 16.9 Å². The van der Waals surface area contributed by atoms with Crippen LogP contribution in [0.15, 0.2) is 47.8 Å². The topological polar surface area (TPSA) is 55.1 Å². The van der Waals surface area contributed by atoms with Gasteiger partial charge >= 0.3 is 0 Å². The van der Waals surface area contributed by atoms with Crippen molar-refractivity contribution in [1.29, 1.82) is 0 Å². The van der Waals surface area contributed by atoms with Gasteiger partial charge in [-0.15, -0.1) is 11.3 Å². The number of carbonyl (C=O) groups excluding carboxylic acids is 1. The standard InChI is InChI=1S/C16H18N2OS2/c1-2-12(13-9-6-10-21-13)18-16(19)14(15(17)20)11-7-4-3-5-8-11/h3-10,12,14H,2H2,1H3,(H2,17,20)(H,18,19). The van der Waals surface area contributed by atoms with Crippen LogP contribution in [0, 0.1) is 0 Å². The van der Waals surface area contributed by atoms with Crippen LogP contribution in [0.3, 0.4) is 0 Å². The van der Waals surface area contributed by atoms with Gasteiger partial charge in [0.05, 0.1) is 11.0 Å². The zero-order valence-electron chi connectivity index (χ0n) is 11.8. The molecule has 1 aromatic carbocycles. The quantitative estimate of drug-likeness (QED) is 0.803. The molecule has 2 unspecified atom stereocenters. The first kappa shape index (κ1) is 15.7. The number of nitrogens with one attached hydrogen (secondary N) is 1. The maximum absolute atomic E-state index is 12.6. The fourth-order valence-electron chi connectivity index (χ4n) is 2.21. The van der Waals surface area contributed by atoms with Crippen LogP contribution < -0.4 is 11.1 Å². The number of carbonyl (C=O) groups is 1. The van der Waals surface area contributed by atoms with E-state index in [2.05, 4.69) is 5.32 Å². The molecule has 0 spiro atoms. The minimum atomic E-state index is -0.588. The van der Waals surface area contributed by atoms with E-state index < -0.39 is 5.92 Å². The molecule has 5 heteroatoms. The molecule has 0 aliphatic heterocycles. The molecule has 0 bridgehead atoms. The van der Waals surface area contributed by atoms with E-state index >= 15 is 0 Å². The summed E-state index contributed by atoms with van der Waals surface area (Å²) in [6, 6.07) is 13.4. The third-order valence-corrected chi connectivity index (χ3v) is 4.51. The molecule has 3 nitrogen and oxygen atoms in total. The zero-order chi connectivity index (χ0) is 15.2. The molecule has 1 heterocycles. The van der Waals surface area contributed by atoms with Crippen LogP contribution in [0.5, 0.6) is 0 Å². The first-order valence-electron chi connectivity index (χ1n) is 6.81. The third-order valence-electron chi connectivity index (χ3n) is 3.29. The van der Waals surface area contributed by atoms with E-state index in [4.69, 9.17) is 18.0 Å². The average Bonchev–Trinajstić information content (AvgIpc) is 2.99. The highest BCUT2D eigenvalue weighted by Gasteiger charge is 2.25. The van der Waals surface area contributed by atoms with Crippen LogP contribution in [0.2, 0.25) is 0 Å².